The highest BCUT2D eigenvalue weighted by Crippen LogP contribution is 2.39. The van der Waals surface area contributed by atoms with E-state index in [-0.39, 0.29) is 5.75 Å². The van der Waals surface area contributed by atoms with Crippen LogP contribution >= 0.6 is 27.5 Å². The molecule has 1 heterocycles. The van der Waals surface area contributed by atoms with Gasteiger partial charge in [0, 0.05) is 4.47 Å². The minimum absolute atomic E-state index is 0.199. The number of halogens is 5. The Kier molecular flexibility index (Phi) is 3.96. The maximum atomic E-state index is 12.8. The lowest BCUT2D eigenvalue weighted by atomic mass is 10.3. The third kappa shape index (κ3) is 3.36. The number of benzene rings is 1. The molecule has 2 aromatic rings. The first-order valence-corrected chi connectivity index (χ1v) is 6.06. The molecular weight excluding hydrogens is 348 g/mol. The molecule has 0 spiro atoms. The highest BCUT2D eigenvalue weighted by atomic mass is 79.9. The molecule has 0 unspecified atom stereocenters. The van der Waals surface area contributed by atoms with Crippen LogP contribution in [0.1, 0.15) is 5.69 Å². The zero-order chi connectivity index (χ0) is 14.0. The first kappa shape index (κ1) is 14.1. The molecule has 0 saturated carbocycles. The van der Waals surface area contributed by atoms with Crippen molar-refractivity contribution in [3.05, 3.63) is 45.9 Å². The fourth-order valence-electron chi connectivity index (χ4n) is 1.27. The summed E-state index contributed by atoms with van der Waals surface area (Å²) in [6.07, 6.45) is -3.93. The molecule has 100 valence electrons. The van der Waals surface area contributed by atoms with Crippen molar-refractivity contribution in [2.45, 2.75) is 6.18 Å². The van der Waals surface area contributed by atoms with Crippen molar-refractivity contribution in [1.82, 2.24) is 9.97 Å². The van der Waals surface area contributed by atoms with E-state index < -0.39 is 22.8 Å². The number of nitrogens with zero attached hydrogens (tertiary/aromatic N) is 2. The predicted octanol–water partition coefficient (Wildman–Crippen LogP) is 4.70. The molecule has 19 heavy (non-hydrogen) atoms. The monoisotopic (exact) mass is 352 g/mol. The van der Waals surface area contributed by atoms with Crippen LogP contribution in [0.15, 0.2) is 35.1 Å². The van der Waals surface area contributed by atoms with Crippen molar-refractivity contribution in [1.29, 1.82) is 0 Å². The summed E-state index contributed by atoms with van der Waals surface area (Å²) in [7, 11) is 0. The van der Waals surface area contributed by atoms with E-state index >= 15 is 0 Å². The largest absolute Gasteiger partial charge is 0.452 e. The number of rotatable bonds is 2. The summed E-state index contributed by atoms with van der Waals surface area (Å²) in [5.41, 5.74) is -1.21. The van der Waals surface area contributed by atoms with Gasteiger partial charge in [0.2, 0.25) is 0 Å². The average Bonchev–Trinajstić information content (AvgIpc) is 2.33. The highest BCUT2D eigenvalue weighted by molar-refractivity contribution is 9.10. The summed E-state index contributed by atoms with van der Waals surface area (Å²) >= 11 is 8.84. The van der Waals surface area contributed by atoms with Crippen molar-refractivity contribution in [3.63, 3.8) is 0 Å². The normalized spacial score (nSPS) is 11.4. The van der Waals surface area contributed by atoms with Crippen LogP contribution < -0.4 is 4.74 Å². The second kappa shape index (κ2) is 5.34. The van der Waals surface area contributed by atoms with Crippen LogP contribution in [0.5, 0.6) is 11.5 Å². The number of hydrogen-bond acceptors (Lipinski definition) is 3. The molecular formula is C11H5BrClF3N2O. The van der Waals surface area contributed by atoms with Crippen LogP contribution in [-0.2, 0) is 6.18 Å². The van der Waals surface area contributed by atoms with Crippen LogP contribution in [0.25, 0.3) is 0 Å². The summed E-state index contributed by atoms with van der Waals surface area (Å²) in [6, 6.07) is 6.24. The first-order valence-electron chi connectivity index (χ1n) is 4.89. The first-order chi connectivity index (χ1) is 8.88. The van der Waals surface area contributed by atoms with Crippen molar-refractivity contribution in [3.8, 4) is 11.5 Å². The van der Waals surface area contributed by atoms with Gasteiger partial charge in [-0.05, 0) is 24.3 Å². The Labute approximate surface area is 119 Å². The number of aromatic nitrogens is 2. The van der Waals surface area contributed by atoms with Crippen LogP contribution in [0, 0.1) is 0 Å². The zero-order valence-electron chi connectivity index (χ0n) is 9.08. The molecule has 2 rings (SSSR count). The summed E-state index contributed by atoms with van der Waals surface area (Å²) in [5, 5.41) is -0.398. The van der Waals surface area contributed by atoms with E-state index in [1.54, 1.807) is 12.1 Å². The third-order valence-corrected chi connectivity index (χ3v) is 2.86. The maximum Gasteiger partial charge on any atom is 0.437 e. The second-order valence-corrected chi connectivity index (χ2v) is 4.67. The van der Waals surface area contributed by atoms with Crippen LogP contribution in [0.4, 0.5) is 13.2 Å². The molecule has 3 nitrogen and oxygen atoms in total. The molecule has 0 saturated heterocycles. The molecule has 1 aromatic carbocycles. The number of hydrogen-bond donors (Lipinski definition) is 0. The third-order valence-electron chi connectivity index (χ3n) is 2.06. The van der Waals surface area contributed by atoms with Gasteiger partial charge >= 0.3 is 6.18 Å². The van der Waals surface area contributed by atoms with Gasteiger partial charge in [-0.15, -0.1) is 0 Å². The Morgan fingerprint density at radius 1 is 1.11 bits per heavy atom. The molecule has 0 aliphatic carbocycles. The van der Waals surface area contributed by atoms with E-state index in [0.29, 0.717) is 0 Å². The summed E-state index contributed by atoms with van der Waals surface area (Å²) in [4.78, 5) is 6.66. The van der Waals surface area contributed by atoms with Gasteiger partial charge in [-0.1, -0.05) is 27.5 Å². The smallest absolute Gasteiger partial charge is 0.437 e. The fourth-order valence-corrected chi connectivity index (χ4v) is 1.70. The van der Waals surface area contributed by atoms with Gasteiger partial charge in [0.1, 0.15) is 12.1 Å². The molecule has 1 aromatic heterocycles. The Bertz CT molecular complexity index is 589. The van der Waals surface area contributed by atoms with Crippen molar-refractivity contribution in [2.24, 2.45) is 0 Å². The highest BCUT2D eigenvalue weighted by Gasteiger charge is 2.38. The molecule has 0 bridgehead atoms. The minimum Gasteiger partial charge on any atom is -0.452 e. The lowest BCUT2D eigenvalue weighted by Crippen LogP contribution is -2.10. The lowest BCUT2D eigenvalue weighted by Gasteiger charge is -2.13. The molecule has 0 amide bonds. The summed E-state index contributed by atoms with van der Waals surface area (Å²) in [5.74, 6) is -0.413. The molecule has 0 N–H and O–H groups in total. The molecule has 0 radical (unpaired) electrons. The Balaban J connectivity index is 2.42. The SMILES string of the molecule is FC(F)(F)c1ncnc(Cl)c1Oc1ccc(Br)cc1. The van der Waals surface area contributed by atoms with Crippen LogP contribution in [0.2, 0.25) is 5.15 Å². The van der Waals surface area contributed by atoms with Gasteiger partial charge in [-0.2, -0.15) is 13.2 Å². The van der Waals surface area contributed by atoms with Gasteiger partial charge in [-0.3, -0.25) is 0 Å². The van der Waals surface area contributed by atoms with Gasteiger partial charge in [0.05, 0.1) is 0 Å². The predicted molar refractivity (Wildman–Crippen MR) is 66.3 cm³/mol. The van der Waals surface area contributed by atoms with Crippen molar-refractivity contribution < 1.29 is 17.9 Å². The second-order valence-electron chi connectivity index (χ2n) is 3.40. The minimum atomic E-state index is -4.67. The van der Waals surface area contributed by atoms with Gasteiger partial charge < -0.3 is 4.74 Å². The molecule has 8 heteroatoms. The number of alkyl halides is 3. The average molecular weight is 354 g/mol. The van der Waals surface area contributed by atoms with Gasteiger partial charge in [-0.25, -0.2) is 9.97 Å². The van der Waals surface area contributed by atoms with Gasteiger partial charge in [0.15, 0.2) is 16.6 Å². The van der Waals surface area contributed by atoms with E-state index in [2.05, 4.69) is 25.9 Å². The Hall–Kier alpha value is -1.34. The number of ether oxygens (including phenoxy) is 1. The van der Waals surface area contributed by atoms with E-state index in [1.165, 1.54) is 12.1 Å². The van der Waals surface area contributed by atoms with E-state index in [1.807, 2.05) is 0 Å². The van der Waals surface area contributed by atoms with Crippen molar-refractivity contribution >= 4 is 27.5 Å². The lowest BCUT2D eigenvalue weighted by molar-refractivity contribution is -0.142. The Morgan fingerprint density at radius 3 is 2.32 bits per heavy atom. The quantitative estimate of drug-likeness (QED) is 0.734. The zero-order valence-corrected chi connectivity index (χ0v) is 11.4. The van der Waals surface area contributed by atoms with Crippen LogP contribution in [-0.4, -0.2) is 9.97 Å². The molecule has 0 fully saturated rings. The summed E-state index contributed by atoms with van der Waals surface area (Å²) < 4.78 is 44.2. The molecule has 0 aliphatic rings. The maximum absolute atomic E-state index is 12.8. The van der Waals surface area contributed by atoms with Crippen molar-refractivity contribution in [2.75, 3.05) is 0 Å². The molecule has 0 aliphatic heterocycles. The van der Waals surface area contributed by atoms with Crippen LogP contribution in [0.3, 0.4) is 0 Å². The Morgan fingerprint density at radius 2 is 1.74 bits per heavy atom. The summed E-state index contributed by atoms with van der Waals surface area (Å²) in [6.45, 7) is 0. The van der Waals surface area contributed by atoms with E-state index in [9.17, 15) is 13.2 Å². The standard InChI is InChI=1S/C11H5BrClF3N2O/c12-6-1-3-7(4-2-6)19-8-9(11(14,15)16)17-5-18-10(8)13/h1-5H. The fraction of sp³-hybridized carbons (Fsp3) is 0.0909. The van der Waals surface area contributed by atoms with E-state index in [4.69, 9.17) is 16.3 Å². The molecule has 0 atom stereocenters. The topological polar surface area (TPSA) is 35.0 Å². The van der Waals surface area contributed by atoms with Gasteiger partial charge in [0.25, 0.3) is 0 Å². The van der Waals surface area contributed by atoms with E-state index in [0.717, 1.165) is 10.8 Å².